The third kappa shape index (κ3) is 24.2. The molecule has 113 heavy (non-hydrogen) atoms. The van der Waals surface area contributed by atoms with Gasteiger partial charge in [0.25, 0.3) is 0 Å². The van der Waals surface area contributed by atoms with E-state index >= 15 is 0 Å². The molecular weight excluding hydrogens is 1470 g/mol. The summed E-state index contributed by atoms with van der Waals surface area (Å²) >= 11 is 9.53. The molecule has 0 saturated heterocycles. The topological polar surface area (TPSA) is 347 Å². The Balaban J connectivity index is 0.000000245. The van der Waals surface area contributed by atoms with Crippen LogP contribution in [-0.4, -0.2) is 113 Å². The molecule has 1 heterocycles. The number of alkyl halides is 2. The third-order valence-corrected chi connectivity index (χ3v) is 25.1. The van der Waals surface area contributed by atoms with Crippen LogP contribution in [0.25, 0.3) is 5.82 Å². The van der Waals surface area contributed by atoms with Gasteiger partial charge in [-0.15, -0.1) is 23.2 Å². The Morgan fingerprint density at radius 3 is 1.12 bits per heavy atom. The van der Waals surface area contributed by atoms with Gasteiger partial charge in [-0.25, -0.2) is 29.1 Å². The summed E-state index contributed by atoms with van der Waals surface area (Å²) in [6.45, 7) is 52.2. The van der Waals surface area contributed by atoms with Crippen LogP contribution in [0.3, 0.4) is 0 Å². The van der Waals surface area contributed by atoms with Crippen molar-refractivity contribution >= 4 is 76.6 Å². The average Bonchev–Trinajstić information content (AvgIpc) is 1.30. The van der Waals surface area contributed by atoms with Crippen molar-refractivity contribution in [3.8, 4) is 17.2 Å². The molecule has 0 spiro atoms. The van der Waals surface area contributed by atoms with Crippen molar-refractivity contribution < 1.29 is 58.3 Å². The lowest BCUT2D eigenvalue weighted by Gasteiger charge is -2.60. The van der Waals surface area contributed by atoms with Crippen molar-refractivity contribution in [3.05, 3.63) is 113 Å². The van der Waals surface area contributed by atoms with Gasteiger partial charge in [-0.3, -0.25) is 30.3 Å². The largest absolute Gasteiger partial charge is 0.508 e. The highest BCUT2D eigenvalue weighted by atomic mass is 35.5. The van der Waals surface area contributed by atoms with Crippen LogP contribution in [0.1, 0.15) is 270 Å². The summed E-state index contributed by atoms with van der Waals surface area (Å²) in [6.07, 6.45) is 13.6. The first-order chi connectivity index (χ1) is 51.9. The second kappa shape index (κ2) is 37.1. The number of nitrogens with two attached hydrogens (primary N) is 3. The quantitative estimate of drug-likeness (QED) is 0.0234. The van der Waals surface area contributed by atoms with Gasteiger partial charge in [-0.1, -0.05) is 109 Å². The van der Waals surface area contributed by atoms with E-state index in [9.17, 15) is 44.1 Å². The summed E-state index contributed by atoms with van der Waals surface area (Å²) in [5, 5.41) is 42.1. The Labute approximate surface area is 683 Å². The fourth-order valence-corrected chi connectivity index (χ4v) is 20.6. The molecule has 0 unspecified atom stereocenters. The summed E-state index contributed by atoms with van der Waals surface area (Å²) in [5.41, 5.74) is 20.2. The number of aliphatic imine (C=N–C) groups is 2. The number of halogens is 2. The van der Waals surface area contributed by atoms with Crippen LogP contribution in [0, 0.1) is 107 Å². The van der Waals surface area contributed by atoms with Gasteiger partial charge in [0.1, 0.15) is 39.9 Å². The highest BCUT2D eigenvalue weighted by Crippen LogP contribution is 2.65. The maximum Gasteiger partial charge on any atom is 0.414 e. The van der Waals surface area contributed by atoms with E-state index in [2.05, 4.69) is 109 Å². The van der Waals surface area contributed by atoms with E-state index in [0.29, 0.717) is 40.8 Å². The van der Waals surface area contributed by atoms with Crippen molar-refractivity contribution in [1.82, 2.24) is 25.7 Å². The first-order valence-electron chi connectivity index (χ1n) is 40.2. The van der Waals surface area contributed by atoms with Crippen LogP contribution in [0.5, 0.6) is 17.2 Å². The number of Topliss-reactive ketones (excluding diaryl/α,β-unsaturated/α-hetero) is 3. The van der Waals surface area contributed by atoms with E-state index in [-0.39, 0.29) is 132 Å². The molecule has 6 aliphatic carbocycles. The normalized spacial score (nSPS) is 28.5. The maximum atomic E-state index is 14.3. The Morgan fingerprint density at radius 1 is 0.513 bits per heavy atom. The second-order valence-electron chi connectivity index (χ2n) is 38.9. The number of carbonyl (C=O) groups excluding carboxylic acids is 6. The van der Waals surface area contributed by atoms with E-state index < -0.39 is 47.0 Å². The third-order valence-electron chi connectivity index (χ3n) is 25.1. The van der Waals surface area contributed by atoms with Gasteiger partial charge in [-0.05, 0) is 286 Å². The lowest BCUT2D eigenvalue weighted by Crippen LogP contribution is -2.59. The first-order valence-corrected chi connectivity index (χ1v) is 41.3. The zero-order chi connectivity index (χ0) is 85.4. The minimum absolute atomic E-state index is 0.0200. The molecule has 6 saturated carbocycles. The Bertz CT molecular complexity index is 3980. The number of fused-ring (bicyclic) bond motifs is 3. The van der Waals surface area contributed by atoms with Crippen molar-refractivity contribution in [1.29, 1.82) is 0 Å². The SMILES string of the molecule is C=C(NC(=O)OC(C)(C)C)n1cccn1.Cc1cc(O)cc(C(=O)[C@H]2[C@H](C)[C@H](N)C[C@H]3C(C)(C)CCC[C@]23C)c1.Cc1cc(O)cc(C(=O)[C@H]2[C@H](C)[C@H](N=C(N)N)C[C@H]3C(C)(C)CCC[C@]23C)c1.Cc1cc(O)cc(C(=O)[C@H]2[C@H](C)[C@H](N=C(NC(=O)OC(C)(C)C)NC(=O)OC(C)(C)C)C[C@H]3C(C)(C)CCC[C@]23C)c1.ClCCl. The van der Waals surface area contributed by atoms with Crippen LogP contribution in [0.4, 0.5) is 14.4 Å². The van der Waals surface area contributed by atoms with Gasteiger partial charge >= 0.3 is 18.3 Å². The molecular formula is C89H136Cl2N10O12. The number of nitrogens with zero attached hydrogens (tertiary/aromatic N) is 4. The number of aromatic hydroxyl groups is 3. The summed E-state index contributed by atoms with van der Waals surface area (Å²) in [5.74, 6) is 1.27. The predicted octanol–water partition coefficient (Wildman–Crippen LogP) is 19.1. The molecule has 3 amide bonds. The number of hydrogen-bond donors (Lipinski definition) is 9. The van der Waals surface area contributed by atoms with E-state index in [0.717, 1.165) is 74.5 Å². The molecule has 628 valence electrons. The second-order valence-corrected chi connectivity index (χ2v) is 39.7. The fraction of sp³-hybridized carbons (Fsp3) is 0.652. The molecule has 6 aliphatic rings. The van der Waals surface area contributed by atoms with E-state index in [4.69, 9.17) is 59.6 Å². The smallest absolute Gasteiger partial charge is 0.414 e. The zero-order valence-electron chi connectivity index (χ0n) is 72.0. The first kappa shape index (κ1) is 94.2. The highest BCUT2D eigenvalue weighted by molar-refractivity contribution is 6.40. The van der Waals surface area contributed by atoms with Gasteiger partial charge < -0.3 is 46.7 Å². The number of guanidine groups is 2. The number of rotatable bonds is 10. The number of carbonyl (C=O) groups is 6. The van der Waals surface area contributed by atoms with Crippen LogP contribution in [-0.2, 0) is 14.2 Å². The number of amides is 3. The molecule has 0 bridgehead atoms. The molecule has 10 rings (SSSR count). The van der Waals surface area contributed by atoms with E-state index in [1.807, 2.05) is 45.9 Å². The minimum Gasteiger partial charge on any atom is -0.508 e. The number of nitrogens with one attached hydrogen (secondary N) is 3. The van der Waals surface area contributed by atoms with Gasteiger partial charge in [0.2, 0.25) is 5.96 Å². The number of phenols is 3. The van der Waals surface area contributed by atoms with Crippen LogP contribution < -0.4 is 33.2 Å². The van der Waals surface area contributed by atoms with Gasteiger partial charge in [-0.2, -0.15) is 5.10 Å². The lowest BCUT2D eigenvalue weighted by atomic mass is 9.45. The van der Waals surface area contributed by atoms with Crippen molar-refractivity contribution in [2.75, 3.05) is 5.34 Å². The maximum absolute atomic E-state index is 14.3. The highest BCUT2D eigenvalue weighted by Gasteiger charge is 2.62. The fourth-order valence-electron chi connectivity index (χ4n) is 20.6. The Morgan fingerprint density at radius 2 is 0.823 bits per heavy atom. The van der Waals surface area contributed by atoms with Crippen molar-refractivity contribution in [2.24, 2.45) is 113 Å². The predicted molar refractivity (Wildman–Crippen MR) is 452 cm³/mol. The molecule has 24 heteroatoms. The van der Waals surface area contributed by atoms with Crippen LogP contribution >= 0.6 is 23.2 Å². The molecule has 22 nitrogen and oxygen atoms in total. The molecule has 12 N–H and O–H groups in total. The number of alkyl carbamates (subject to hydrolysis) is 3. The van der Waals surface area contributed by atoms with Gasteiger partial charge in [0, 0.05) is 52.9 Å². The number of aromatic nitrogens is 2. The number of phenolic OH excluding ortho intramolecular Hbond substituents is 3. The number of benzene rings is 3. The van der Waals surface area contributed by atoms with E-state index in [1.165, 1.54) is 17.5 Å². The lowest BCUT2D eigenvalue weighted by molar-refractivity contribution is -0.0867. The minimum atomic E-state index is -0.760. The molecule has 0 radical (unpaired) electrons. The Kier molecular flexibility index (Phi) is 30.9. The molecule has 0 aliphatic heterocycles. The van der Waals surface area contributed by atoms with Crippen LogP contribution in [0.2, 0.25) is 0 Å². The summed E-state index contributed by atoms with van der Waals surface area (Å²) in [6, 6.07) is 16.7. The number of hydrogen-bond acceptors (Lipinski definition) is 16. The molecule has 4 aromatic rings. The zero-order valence-corrected chi connectivity index (χ0v) is 73.6. The monoisotopic (exact) mass is 1610 g/mol. The number of ketones is 3. The summed E-state index contributed by atoms with van der Waals surface area (Å²) in [7, 11) is 0. The molecule has 1 aromatic heterocycles. The Hall–Kier alpha value is -7.69. The van der Waals surface area contributed by atoms with Gasteiger partial charge in [0.15, 0.2) is 23.3 Å². The molecule has 3 aromatic carbocycles. The molecule has 15 atom stereocenters. The van der Waals surface area contributed by atoms with E-state index in [1.54, 1.807) is 117 Å². The summed E-state index contributed by atoms with van der Waals surface area (Å²) in [4.78, 5) is 88.0. The average molecular weight is 1610 g/mol. The van der Waals surface area contributed by atoms with Crippen molar-refractivity contribution in [3.63, 3.8) is 0 Å². The number of aryl methyl sites for hydroxylation is 3. The van der Waals surface area contributed by atoms with Gasteiger partial charge in [0.05, 0.1) is 17.4 Å². The molecule has 6 fully saturated rings. The standard InChI is InChI=1S/C33H51N3O6.C23H35N3O2.C22H33NO2.C10H15N3O2.CH2Cl2/c1-19-15-21(17-22(37)16-19)26(38)25-20(2)23(18-24-32(9,10)13-12-14-33(24,25)11)34-27(35-28(39)41-30(3,4)5)36-29(40)42-31(6,7)8;1-13-9-15(11-16(27)10-13)20(28)19-14(2)17(26-21(24)25)12-18-22(3,4)7-6-8-23(18,19)5;1-13-9-15(11-16(24)10-13)20(25)19-14(2)17(23)12-18-21(3,4)7-6-8-22(18,19)5;1-8(13-7-5-6-11-13)12-9(14)15-10(2,3)4;2-1-3/h15-17,20,23-25,37H,12-14,18H2,1-11H3,(H2,34,35,36,39,40);9-11,14,17-19,27H,6-8,12H2,1-5H3,(H4,24,25,26);9-11,14,17-19,24H,6-8,12,23H2,1-5H3;5-7H,1H2,2-4H3,(H,12,14);1H2/t20-,23-,24+,25-,33+;14-,17-,18+,19-,23+;14-,17-,18+,19-,22+;;/m111../s1. The number of ether oxygens (including phenoxy) is 3. The summed E-state index contributed by atoms with van der Waals surface area (Å²) < 4.78 is 17.4. The van der Waals surface area contributed by atoms with Crippen molar-refractivity contribution in [2.45, 2.75) is 278 Å². The van der Waals surface area contributed by atoms with Crippen LogP contribution in [0.15, 0.2) is 89.6 Å².